The molecule has 1 aliphatic rings. The van der Waals surface area contributed by atoms with Gasteiger partial charge in [-0.05, 0) is 38.0 Å². The van der Waals surface area contributed by atoms with E-state index in [1.54, 1.807) is 48.3 Å². The molecule has 8 nitrogen and oxygen atoms in total. The van der Waals surface area contributed by atoms with Crippen molar-refractivity contribution in [2.24, 2.45) is 0 Å². The van der Waals surface area contributed by atoms with Crippen LogP contribution in [0.2, 0.25) is 5.02 Å². The monoisotopic (exact) mass is 500 g/mol. The highest BCUT2D eigenvalue weighted by atomic mass is 35.5. The number of ether oxygens (including phenoxy) is 1. The van der Waals surface area contributed by atoms with E-state index in [1.165, 1.54) is 17.9 Å². The first-order chi connectivity index (χ1) is 16.8. The minimum atomic E-state index is -0.730. The summed E-state index contributed by atoms with van der Waals surface area (Å²) in [5, 5.41) is 3.38. The zero-order valence-electron chi connectivity index (χ0n) is 19.5. The van der Waals surface area contributed by atoms with Gasteiger partial charge in [-0.25, -0.2) is 9.37 Å². The van der Waals surface area contributed by atoms with Crippen LogP contribution in [0.15, 0.2) is 42.7 Å². The van der Waals surface area contributed by atoms with Crippen LogP contribution in [0.4, 0.5) is 4.39 Å². The van der Waals surface area contributed by atoms with Crippen molar-refractivity contribution < 1.29 is 23.5 Å². The third-order valence-electron chi connectivity index (χ3n) is 6.26. The number of nitrogens with zero attached hydrogens (tertiary/aromatic N) is 3. The summed E-state index contributed by atoms with van der Waals surface area (Å²) in [5.41, 5.74) is 1.26. The topological polar surface area (TPSA) is 93.5 Å². The smallest absolute Gasteiger partial charge is 0.243 e. The summed E-state index contributed by atoms with van der Waals surface area (Å²) in [6, 6.07) is 7.10. The Hall–Kier alpha value is -3.30. The van der Waals surface area contributed by atoms with Gasteiger partial charge >= 0.3 is 0 Å². The number of aromatic nitrogens is 2. The van der Waals surface area contributed by atoms with Crippen molar-refractivity contribution in [3.63, 3.8) is 0 Å². The standard InChI is InChI=1S/C25H26ClFN4O4/c1-15(32)19-12-30(24-18(19)6-4-10-28-24)13-22(33)31-17(14-35-2)8-9-21(31)25(34)29-11-16-5-3-7-20(26)23(16)27/h3-7,10,12,17,21H,8-9,11,13-14H2,1-2H3,(H,29,34)/t17?,21-/m0/s1. The number of methoxy groups -OCH3 is 1. The molecule has 3 heterocycles. The van der Waals surface area contributed by atoms with Crippen molar-refractivity contribution in [3.8, 4) is 0 Å². The Balaban J connectivity index is 1.55. The number of halogens is 2. The lowest BCUT2D eigenvalue weighted by atomic mass is 10.1. The summed E-state index contributed by atoms with van der Waals surface area (Å²) in [5.74, 6) is -1.38. The molecular formula is C25H26ClFN4O4. The first-order valence-electron chi connectivity index (χ1n) is 11.3. The normalized spacial score (nSPS) is 17.7. The van der Waals surface area contributed by atoms with Gasteiger partial charge in [0.2, 0.25) is 11.8 Å². The molecular weight excluding hydrogens is 475 g/mol. The molecule has 1 aliphatic heterocycles. The number of carbonyl (C=O) groups is 3. The number of hydrogen-bond acceptors (Lipinski definition) is 5. The highest BCUT2D eigenvalue weighted by molar-refractivity contribution is 6.30. The molecule has 1 aromatic carbocycles. The number of benzene rings is 1. The molecule has 1 N–H and O–H groups in total. The molecule has 1 unspecified atom stereocenters. The van der Waals surface area contributed by atoms with Gasteiger partial charge in [0, 0.05) is 42.6 Å². The fourth-order valence-electron chi connectivity index (χ4n) is 4.61. The molecule has 35 heavy (non-hydrogen) atoms. The average Bonchev–Trinajstić information content (AvgIpc) is 3.42. The van der Waals surface area contributed by atoms with Crippen molar-refractivity contribution in [1.82, 2.24) is 19.8 Å². The number of nitrogens with one attached hydrogen (secondary N) is 1. The fraction of sp³-hybridized carbons (Fsp3) is 0.360. The number of carbonyl (C=O) groups excluding carboxylic acids is 3. The lowest BCUT2D eigenvalue weighted by Crippen LogP contribution is -2.50. The lowest BCUT2D eigenvalue weighted by molar-refractivity contribution is -0.141. The summed E-state index contributed by atoms with van der Waals surface area (Å²) in [7, 11) is 1.54. The Bertz CT molecular complexity index is 1280. The van der Waals surface area contributed by atoms with Gasteiger partial charge in [0.1, 0.15) is 24.1 Å². The SMILES string of the molecule is COCC1CC[C@@H](C(=O)NCc2cccc(Cl)c2F)N1C(=O)Cn1cc(C(C)=O)c2cccnc21. The molecule has 2 atom stereocenters. The number of ketones is 1. The summed E-state index contributed by atoms with van der Waals surface area (Å²) >= 11 is 5.83. The first kappa shape index (κ1) is 24.8. The van der Waals surface area contributed by atoms with E-state index in [0.717, 1.165) is 0 Å². The van der Waals surface area contributed by atoms with Crippen LogP contribution >= 0.6 is 11.6 Å². The molecule has 1 saturated heterocycles. The molecule has 0 saturated carbocycles. The third-order valence-corrected chi connectivity index (χ3v) is 6.55. The van der Waals surface area contributed by atoms with Crippen molar-refractivity contribution in [3.05, 3.63) is 64.7 Å². The summed E-state index contributed by atoms with van der Waals surface area (Å²) in [4.78, 5) is 44.5. The van der Waals surface area contributed by atoms with Crippen LogP contribution in [0.3, 0.4) is 0 Å². The van der Waals surface area contributed by atoms with Gasteiger partial charge in [0.25, 0.3) is 0 Å². The maximum atomic E-state index is 14.2. The number of likely N-dealkylation sites (tertiary alicyclic amines) is 1. The summed E-state index contributed by atoms with van der Waals surface area (Å²) in [6.45, 7) is 1.61. The second-order valence-corrected chi connectivity index (χ2v) is 8.94. The van der Waals surface area contributed by atoms with E-state index in [9.17, 15) is 18.8 Å². The van der Waals surface area contributed by atoms with E-state index < -0.39 is 11.9 Å². The molecule has 2 aromatic heterocycles. The van der Waals surface area contributed by atoms with Gasteiger partial charge in [-0.2, -0.15) is 0 Å². The number of hydrogen-bond donors (Lipinski definition) is 1. The molecule has 3 aromatic rings. The van der Waals surface area contributed by atoms with E-state index in [0.29, 0.717) is 29.4 Å². The maximum absolute atomic E-state index is 14.2. The van der Waals surface area contributed by atoms with Crippen LogP contribution in [0.5, 0.6) is 0 Å². The van der Waals surface area contributed by atoms with Crippen LogP contribution in [0, 0.1) is 5.82 Å². The van der Waals surface area contributed by atoms with Crippen LogP contribution in [-0.2, 0) is 27.4 Å². The van der Waals surface area contributed by atoms with Crippen LogP contribution in [-0.4, -0.2) is 57.8 Å². The summed E-state index contributed by atoms with van der Waals surface area (Å²) < 4.78 is 21.2. The molecule has 184 valence electrons. The quantitative estimate of drug-likeness (QED) is 0.479. The zero-order chi connectivity index (χ0) is 25.1. The molecule has 0 radical (unpaired) electrons. The van der Waals surface area contributed by atoms with Gasteiger partial charge in [-0.1, -0.05) is 23.7 Å². The van der Waals surface area contributed by atoms with Gasteiger partial charge in [0.05, 0.1) is 17.7 Å². The lowest BCUT2D eigenvalue weighted by Gasteiger charge is -2.29. The molecule has 4 rings (SSSR count). The molecule has 0 aliphatic carbocycles. The number of amides is 2. The van der Waals surface area contributed by atoms with Crippen LogP contribution in [0.1, 0.15) is 35.7 Å². The highest BCUT2D eigenvalue weighted by Crippen LogP contribution is 2.27. The summed E-state index contributed by atoms with van der Waals surface area (Å²) in [6.07, 6.45) is 4.26. The number of fused-ring (bicyclic) bond motifs is 1. The Morgan fingerprint density at radius 1 is 1.23 bits per heavy atom. The largest absolute Gasteiger partial charge is 0.383 e. The van der Waals surface area contributed by atoms with Crippen molar-refractivity contribution in [2.75, 3.05) is 13.7 Å². The van der Waals surface area contributed by atoms with Crippen LogP contribution in [0.25, 0.3) is 11.0 Å². The van der Waals surface area contributed by atoms with Gasteiger partial charge < -0.3 is 19.5 Å². The first-order valence-corrected chi connectivity index (χ1v) is 11.6. The molecule has 0 bridgehead atoms. The predicted molar refractivity (Wildman–Crippen MR) is 129 cm³/mol. The number of rotatable bonds is 8. The molecule has 10 heteroatoms. The Morgan fingerprint density at radius 2 is 2.03 bits per heavy atom. The second-order valence-electron chi connectivity index (χ2n) is 8.54. The van der Waals surface area contributed by atoms with Gasteiger partial charge in [-0.15, -0.1) is 0 Å². The van der Waals surface area contributed by atoms with Gasteiger partial charge in [-0.3, -0.25) is 14.4 Å². The molecule has 0 spiro atoms. The minimum Gasteiger partial charge on any atom is -0.383 e. The van der Waals surface area contributed by atoms with Crippen molar-refractivity contribution in [2.45, 2.75) is 44.9 Å². The molecule has 1 fully saturated rings. The van der Waals surface area contributed by atoms with Crippen LogP contribution < -0.4 is 5.32 Å². The fourth-order valence-corrected chi connectivity index (χ4v) is 4.80. The second kappa shape index (κ2) is 10.5. The van der Waals surface area contributed by atoms with E-state index in [-0.39, 0.29) is 53.9 Å². The van der Waals surface area contributed by atoms with E-state index >= 15 is 0 Å². The number of Topliss-reactive ketones (excluding diaryl/α,β-unsaturated/α-hetero) is 1. The Morgan fingerprint density at radius 3 is 2.77 bits per heavy atom. The minimum absolute atomic E-state index is 0.0212. The van der Waals surface area contributed by atoms with Crippen molar-refractivity contribution in [1.29, 1.82) is 0 Å². The highest BCUT2D eigenvalue weighted by Gasteiger charge is 2.40. The number of pyridine rings is 1. The predicted octanol–water partition coefficient (Wildman–Crippen LogP) is 3.35. The Labute approximate surface area is 207 Å². The maximum Gasteiger partial charge on any atom is 0.243 e. The van der Waals surface area contributed by atoms with E-state index in [1.807, 2.05) is 0 Å². The van der Waals surface area contributed by atoms with E-state index in [4.69, 9.17) is 16.3 Å². The van der Waals surface area contributed by atoms with E-state index in [2.05, 4.69) is 10.3 Å². The van der Waals surface area contributed by atoms with Crippen molar-refractivity contribution >= 4 is 40.2 Å². The average molecular weight is 501 g/mol. The molecule has 2 amide bonds. The van der Waals surface area contributed by atoms with Gasteiger partial charge in [0.15, 0.2) is 5.78 Å². The Kier molecular flexibility index (Phi) is 7.47. The third kappa shape index (κ3) is 5.06. The zero-order valence-corrected chi connectivity index (χ0v) is 20.2.